The zero-order chi connectivity index (χ0) is 49.4. The Morgan fingerprint density at radius 3 is 1.39 bits per heavy atom. The van der Waals surface area contributed by atoms with E-state index < -0.39 is 0 Å². The van der Waals surface area contributed by atoms with E-state index in [1.165, 1.54) is 30.4 Å². The van der Waals surface area contributed by atoms with Gasteiger partial charge in [0.25, 0.3) is 0 Å². The third-order valence-corrected chi connectivity index (χ3v) is 14.5. The lowest BCUT2D eigenvalue weighted by molar-refractivity contribution is -0.0356. The predicted molar refractivity (Wildman–Crippen MR) is 277 cm³/mol. The quantitative estimate of drug-likeness (QED) is 0.119. The number of ketones is 3. The number of rotatable bonds is 9. The highest BCUT2D eigenvalue weighted by molar-refractivity contribution is 6.11. The van der Waals surface area contributed by atoms with E-state index in [9.17, 15) is 14.4 Å². The number of benzene rings is 5. The summed E-state index contributed by atoms with van der Waals surface area (Å²) in [6.45, 7) is 12.2. The molecule has 4 fully saturated rings. The Morgan fingerprint density at radius 2 is 0.886 bits per heavy atom. The number of carbonyl (C=O) groups is 3. The van der Waals surface area contributed by atoms with Crippen LogP contribution in [-0.2, 0) is 0 Å². The fraction of sp³-hybridized carbons (Fsp3) is 0.276. The Balaban J connectivity index is 0.000000131. The van der Waals surface area contributed by atoms with Crippen molar-refractivity contribution >= 4 is 34.8 Å². The maximum Gasteiger partial charge on any atom is 0.213 e. The number of aromatic nitrogens is 6. The lowest BCUT2D eigenvalue weighted by atomic mass is 9.48. The number of aryl methyl sites for hydroxylation is 6. The number of para-hydroxylation sites is 1. The van der Waals surface area contributed by atoms with Gasteiger partial charge in [-0.1, -0.05) is 114 Å². The van der Waals surface area contributed by atoms with Crippen LogP contribution in [0.5, 0.6) is 0 Å². The number of hydrogen-bond donors (Lipinski definition) is 3. The lowest BCUT2D eigenvalue weighted by Gasteiger charge is -2.55. The minimum Gasteiger partial charge on any atom is -0.382 e. The van der Waals surface area contributed by atoms with Crippen molar-refractivity contribution in [2.45, 2.75) is 80.1 Å². The molecule has 0 unspecified atom stereocenters. The van der Waals surface area contributed by atoms with E-state index in [-0.39, 0.29) is 34.4 Å². The minimum atomic E-state index is -0.191. The number of nitrogens with zero attached hydrogens (tertiary/aromatic N) is 6. The highest BCUT2D eigenvalue weighted by Gasteiger charge is 2.55. The van der Waals surface area contributed by atoms with Crippen LogP contribution in [0.3, 0.4) is 0 Å². The van der Waals surface area contributed by atoms with Gasteiger partial charge in [-0.3, -0.25) is 28.1 Å². The van der Waals surface area contributed by atoms with E-state index in [0.29, 0.717) is 34.0 Å². The third kappa shape index (κ3) is 9.09. The second-order valence-corrected chi connectivity index (χ2v) is 19.8. The highest BCUT2D eigenvalue weighted by Crippen LogP contribution is 2.61. The molecule has 4 saturated carbocycles. The van der Waals surface area contributed by atoms with Crippen LogP contribution in [-0.4, -0.2) is 46.0 Å². The summed E-state index contributed by atoms with van der Waals surface area (Å²) in [6, 6.07) is 36.6. The van der Waals surface area contributed by atoms with E-state index in [1.54, 1.807) is 52.4 Å². The summed E-state index contributed by atoms with van der Waals surface area (Å²) in [6.07, 6.45) is 12.1. The van der Waals surface area contributed by atoms with Crippen LogP contribution in [0.2, 0.25) is 0 Å². The predicted octanol–water partition coefficient (Wildman–Crippen LogP) is 11.1. The lowest BCUT2D eigenvalue weighted by Crippen LogP contribution is -2.50. The van der Waals surface area contributed by atoms with Gasteiger partial charge in [-0.15, -0.1) is 0 Å². The Morgan fingerprint density at radius 1 is 0.471 bits per heavy atom. The molecule has 4 bridgehead atoms. The van der Waals surface area contributed by atoms with Crippen molar-refractivity contribution in [1.29, 1.82) is 0 Å². The van der Waals surface area contributed by atoms with Gasteiger partial charge in [0, 0.05) is 16.5 Å². The maximum absolute atomic E-state index is 13.7. The van der Waals surface area contributed by atoms with Gasteiger partial charge in [-0.2, -0.15) is 0 Å². The summed E-state index contributed by atoms with van der Waals surface area (Å²) in [5.41, 5.74) is 30.2. The molecule has 12 nitrogen and oxygen atoms in total. The van der Waals surface area contributed by atoms with Crippen LogP contribution in [0.25, 0.3) is 17.1 Å². The van der Waals surface area contributed by atoms with Crippen LogP contribution < -0.4 is 17.2 Å². The van der Waals surface area contributed by atoms with E-state index in [1.807, 2.05) is 99.0 Å². The van der Waals surface area contributed by atoms with Crippen molar-refractivity contribution in [3.8, 4) is 17.1 Å². The molecule has 12 rings (SSSR count). The summed E-state index contributed by atoms with van der Waals surface area (Å²) < 4.78 is 5.49. The molecule has 6 N–H and O–H groups in total. The van der Waals surface area contributed by atoms with Gasteiger partial charge in [0.05, 0.1) is 17.1 Å². The van der Waals surface area contributed by atoms with Gasteiger partial charge in [0.15, 0.2) is 23.2 Å². The van der Waals surface area contributed by atoms with Gasteiger partial charge < -0.3 is 17.2 Å². The molecule has 0 aliphatic heterocycles. The molecule has 0 radical (unpaired) electrons. The molecule has 0 amide bonds. The van der Waals surface area contributed by atoms with Crippen molar-refractivity contribution in [2.75, 3.05) is 17.2 Å². The fourth-order valence-electron chi connectivity index (χ4n) is 11.9. The van der Waals surface area contributed by atoms with Crippen LogP contribution >= 0.6 is 0 Å². The van der Waals surface area contributed by atoms with Crippen LogP contribution in [0.1, 0.15) is 114 Å². The molecule has 0 spiro atoms. The van der Waals surface area contributed by atoms with Crippen LogP contribution in [0, 0.1) is 64.7 Å². The Hall–Kier alpha value is -7.86. The summed E-state index contributed by atoms with van der Waals surface area (Å²) in [5, 5.41) is 0. The number of hydrogen-bond acceptors (Lipinski definition) is 9. The third-order valence-electron chi connectivity index (χ3n) is 14.5. The zero-order valence-corrected chi connectivity index (χ0v) is 40.8. The molecule has 4 aliphatic rings. The van der Waals surface area contributed by atoms with Crippen molar-refractivity contribution in [3.63, 3.8) is 0 Å². The molecule has 0 saturated heterocycles. The Labute approximate surface area is 409 Å². The van der Waals surface area contributed by atoms with Gasteiger partial charge in [0.1, 0.15) is 36.1 Å². The molecule has 3 aromatic heterocycles. The largest absolute Gasteiger partial charge is 0.382 e. The van der Waals surface area contributed by atoms with Crippen LogP contribution in [0.15, 0.2) is 134 Å². The molecule has 5 aromatic carbocycles. The van der Waals surface area contributed by atoms with E-state index >= 15 is 0 Å². The van der Waals surface area contributed by atoms with Crippen molar-refractivity contribution in [3.05, 3.63) is 196 Å². The summed E-state index contributed by atoms with van der Waals surface area (Å²) in [5.74, 6) is 3.08. The number of carbonyl (C=O) groups excluding carboxylic acids is 3. The number of imidazole rings is 3. The molecular formula is C58H61N9O3. The first-order valence-corrected chi connectivity index (χ1v) is 24.1. The van der Waals surface area contributed by atoms with Gasteiger partial charge in [-0.25, -0.2) is 15.0 Å². The fourth-order valence-corrected chi connectivity index (χ4v) is 11.9. The van der Waals surface area contributed by atoms with Gasteiger partial charge >= 0.3 is 0 Å². The first-order chi connectivity index (χ1) is 33.6. The van der Waals surface area contributed by atoms with Gasteiger partial charge in [0.2, 0.25) is 11.6 Å². The average molecular weight is 932 g/mol. The molecule has 4 aliphatic carbocycles. The smallest absolute Gasteiger partial charge is 0.213 e. The first kappa shape index (κ1) is 47.2. The Bertz CT molecular complexity index is 3190. The maximum atomic E-state index is 13.7. The highest BCUT2D eigenvalue weighted by atomic mass is 16.1. The SMILES string of the molecule is Cc1cc(C)c(-n2cnc(N)c2C(=O)c2ccccc2)c(C)c1.Cc1ccc(-n2cnc(N)c2C(=O)c2ccccc2)c(C)c1.Cc1ccccc1-n1cnc(N)c1C(=O)C12CC3CC(CC(C3)C1)C2. The Kier molecular flexibility index (Phi) is 13.0. The number of nitrogens with two attached hydrogens (primary N) is 3. The molecular weight excluding hydrogens is 871 g/mol. The standard InChI is InChI=1S/C21H25N3O.C19H19N3O.C18H17N3O/c1-13-4-2-3-5-17(13)24-12-23-20(22)18(24)19(25)21-9-14-6-15(10-21)8-16(7-14)11-21;1-12-9-13(2)16(14(3)10-12)22-11-21-19(20)17(22)18(23)15-7-5-4-6-8-15;1-12-8-9-15(13(2)10-12)21-11-20-18(19)16(21)17(22)14-6-4-3-5-7-14/h2-5,12,14-16H,6-11,22H2,1H3;4-11H,20H2,1-3H3;3-11H,19H2,1-2H3. The molecule has 356 valence electrons. The topological polar surface area (TPSA) is 183 Å². The molecule has 8 aromatic rings. The molecule has 70 heavy (non-hydrogen) atoms. The van der Waals surface area contributed by atoms with Gasteiger partial charge in [-0.05, 0) is 132 Å². The molecule has 12 heteroatoms. The van der Waals surface area contributed by atoms with E-state index in [2.05, 4.69) is 53.1 Å². The molecule has 3 heterocycles. The van der Waals surface area contributed by atoms with Crippen molar-refractivity contribution in [1.82, 2.24) is 28.7 Å². The van der Waals surface area contributed by atoms with Crippen molar-refractivity contribution < 1.29 is 14.4 Å². The number of Topliss-reactive ketones (excluding diaryl/α,β-unsaturated/α-hetero) is 1. The minimum absolute atomic E-state index is 0.125. The zero-order valence-electron chi connectivity index (χ0n) is 40.8. The molecule has 0 atom stereocenters. The van der Waals surface area contributed by atoms with Crippen LogP contribution in [0.4, 0.5) is 17.5 Å². The monoisotopic (exact) mass is 931 g/mol. The number of nitrogen functional groups attached to an aromatic ring is 3. The second-order valence-electron chi connectivity index (χ2n) is 19.8. The summed E-state index contributed by atoms with van der Waals surface area (Å²) in [7, 11) is 0. The first-order valence-electron chi connectivity index (χ1n) is 24.1. The average Bonchev–Trinajstić information content (AvgIpc) is 4.04. The normalized spacial score (nSPS) is 18.6. The van der Waals surface area contributed by atoms with E-state index in [4.69, 9.17) is 17.2 Å². The van der Waals surface area contributed by atoms with Crippen molar-refractivity contribution in [2.24, 2.45) is 23.2 Å². The van der Waals surface area contributed by atoms with E-state index in [0.717, 1.165) is 76.3 Å². The number of anilines is 3. The summed E-state index contributed by atoms with van der Waals surface area (Å²) in [4.78, 5) is 52.0. The second kappa shape index (κ2) is 19.3. The summed E-state index contributed by atoms with van der Waals surface area (Å²) >= 11 is 0.